The molecule has 15 heavy (non-hydrogen) atoms. The van der Waals surface area contributed by atoms with Gasteiger partial charge in [-0.1, -0.05) is 35.4 Å². The van der Waals surface area contributed by atoms with Gasteiger partial charge < -0.3 is 0 Å². The Morgan fingerprint density at radius 3 is 2.53 bits per heavy atom. The van der Waals surface area contributed by atoms with Gasteiger partial charge in [0, 0.05) is 11.6 Å². The molecule has 0 unspecified atom stereocenters. The quantitative estimate of drug-likeness (QED) is 0.686. The Hall–Kier alpha value is -1.41. The third-order valence-corrected chi connectivity index (χ3v) is 2.50. The topological polar surface area (TPSA) is 25.8 Å². The monoisotopic (exact) mass is 218 g/mol. The Bertz CT molecular complexity index is 495. The molecule has 0 aliphatic heterocycles. The molecule has 3 heteroatoms. The van der Waals surface area contributed by atoms with Crippen molar-refractivity contribution in [1.29, 1.82) is 0 Å². The lowest BCUT2D eigenvalue weighted by Crippen LogP contribution is -1.89. The lowest BCUT2D eigenvalue weighted by atomic mass is 10.0. The molecule has 2 aromatic rings. The Morgan fingerprint density at radius 1 is 1.07 bits per heavy atom. The van der Waals surface area contributed by atoms with Gasteiger partial charge in [-0.2, -0.15) is 0 Å². The largest absolute Gasteiger partial charge is 0.236 e. The van der Waals surface area contributed by atoms with Gasteiger partial charge in [0.25, 0.3) is 0 Å². The van der Waals surface area contributed by atoms with Gasteiger partial charge in [0.2, 0.25) is 0 Å². The minimum Gasteiger partial charge on any atom is -0.236 e. The van der Waals surface area contributed by atoms with E-state index in [0.717, 1.165) is 11.3 Å². The first-order chi connectivity index (χ1) is 7.16. The second-order valence-corrected chi connectivity index (χ2v) is 3.93. The second-order valence-electron chi connectivity index (χ2n) is 3.54. The van der Waals surface area contributed by atoms with Crippen LogP contribution in [0.5, 0.6) is 0 Å². The summed E-state index contributed by atoms with van der Waals surface area (Å²) in [4.78, 5) is 8.07. The molecule has 76 valence electrons. The number of nitrogens with zero attached hydrogens (tertiary/aromatic N) is 2. The predicted octanol–water partition coefficient (Wildman–Crippen LogP) is 3.41. The van der Waals surface area contributed by atoms with Gasteiger partial charge in [-0.3, -0.25) is 0 Å². The minimum absolute atomic E-state index is 0.472. The molecule has 0 radical (unpaired) electrons. The van der Waals surface area contributed by atoms with Gasteiger partial charge >= 0.3 is 0 Å². The zero-order valence-corrected chi connectivity index (χ0v) is 9.42. The molecule has 0 fully saturated rings. The van der Waals surface area contributed by atoms with Gasteiger partial charge in [0.15, 0.2) is 0 Å². The molecule has 0 spiro atoms. The van der Waals surface area contributed by atoms with Crippen molar-refractivity contribution < 1.29 is 0 Å². The summed E-state index contributed by atoms with van der Waals surface area (Å²) in [6.45, 7) is 4.14. The van der Waals surface area contributed by atoms with E-state index in [1.165, 1.54) is 17.5 Å². The molecule has 1 aromatic carbocycles. The van der Waals surface area contributed by atoms with Crippen LogP contribution in [0.4, 0.5) is 0 Å². The summed E-state index contributed by atoms with van der Waals surface area (Å²) in [7, 11) is 0. The molecule has 0 amide bonds. The Labute approximate surface area is 94.0 Å². The van der Waals surface area contributed by atoms with E-state index in [9.17, 15) is 0 Å². The molecule has 0 saturated heterocycles. The average molecular weight is 219 g/mol. The Kier molecular flexibility index (Phi) is 2.69. The summed E-state index contributed by atoms with van der Waals surface area (Å²) in [6.07, 6.45) is 1.48. The van der Waals surface area contributed by atoms with Crippen LogP contribution in [-0.4, -0.2) is 9.97 Å². The number of hydrogen-bond acceptors (Lipinski definition) is 2. The normalized spacial score (nSPS) is 10.3. The van der Waals surface area contributed by atoms with Crippen LogP contribution < -0.4 is 0 Å². The van der Waals surface area contributed by atoms with Crippen molar-refractivity contribution in [2.24, 2.45) is 0 Å². The van der Waals surface area contributed by atoms with E-state index in [-0.39, 0.29) is 0 Å². The molecule has 0 aliphatic rings. The van der Waals surface area contributed by atoms with E-state index < -0.39 is 0 Å². The van der Waals surface area contributed by atoms with Gasteiger partial charge in [-0.15, -0.1) is 0 Å². The fourth-order valence-electron chi connectivity index (χ4n) is 1.58. The van der Waals surface area contributed by atoms with Crippen molar-refractivity contribution in [3.63, 3.8) is 0 Å². The van der Waals surface area contributed by atoms with Crippen LogP contribution in [-0.2, 0) is 0 Å². The van der Waals surface area contributed by atoms with Crippen molar-refractivity contribution in [3.8, 4) is 11.3 Å². The average Bonchev–Trinajstić information content (AvgIpc) is 2.17. The summed E-state index contributed by atoms with van der Waals surface area (Å²) in [5, 5.41) is 0.472. The van der Waals surface area contributed by atoms with Crippen LogP contribution in [0.2, 0.25) is 5.15 Å². The highest BCUT2D eigenvalue weighted by Gasteiger charge is 2.03. The summed E-state index contributed by atoms with van der Waals surface area (Å²) in [6, 6.07) is 8.03. The van der Waals surface area contributed by atoms with Gasteiger partial charge in [0.05, 0.1) is 5.69 Å². The van der Waals surface area contributed by atoms with Gasteiger partial charge in [-0.25, -0.2) is 9.97 Å². The Morgan fingerprint density at radius 2 is 1.87 bits per heavy atom. The van der Waals surface area contributed by atoms with Crippen LogP contribution in [0.3, 0.4) is 0 Å². The third kappa shape index (κ3) is 2.16. The zero-order chi connectivity index (χ0) is 10.8. The number of aromatic nitrogens is 2. The number of hydrogen-bond donors (Lipinski definition) is 0. The molecule has 0 aliphatic carbocycles. The maximum atomic E-state index is 5.83. The number of halogens is 1. The summed E-state index contributed by atoms with van der Waals surface area (Å²) in [5.74, 6) is 0. The van der Waals surface area contributed by atoms with E-state index in [4.69, 9.17) is 11.6 Å². The predicted molar refractivity (Wildman–Crippen MR) is 62.0 cm³/mol. The van der Waals surface area contributed by atoms with Crippen molar-refractivity contribution in [1.82, 2.24) is 9.97 Å². The maximum absolute atomic E-state index is 5.83. The molecule has 2 rings (SSSR count). The smallest absolute Gasteiger partial charge is 0.133 e. The maximum Gasteiger partial charge on any atom is 0.133 e. The fraction of sp³-hybridized carbons (Fsp3) is 0.167. The fourth-order valence-corrected chi connectivity index (χ4v) is 1.73. The van der Waals surface area contributed by atoms with Crippen molar-refractivity contribution in [2.75, 3.05) is 0 Å². The number of benzene rings is 1. The van der Waals surface area contributed by atoms with Gasteiger partial charge in [0.1, 0.15) is 11.5 Å². The van der Waals surface area contributed by atoms with E-state index >= 15 is 0 Å². The van der Waals surface area contributed by atoms with E-state index in [2.05, 4.69) is 42.0 Å². The van der Waals surface area contributed by atoms with E-state index in [1.807, 2.05) is 0 Å². The minimum atomic E-state index is 0.472. The van der Waals surface area contributed by atoms with Crippen molar-refractivity contribution in [3.05, 3.63) is 46.9 Å². The lowest BCUT2D eigenvalue weighted by Gasteiger charge is -2.05. The molecule has 1 aromatic heterocycles. The molecule has 0 atom stereocenters. The highest BCUT2D eigenvalue weighted by atomic mass is 35.5. The van der Waals surface area contributed by atoms with E-state index in [0.29, 0.717) is 5.15 Å². The zero-order valence-electron chi connectivity index (χ0n) is 8.66. The third-order valence-electron chi connectivity index (χ3n) is 2.29. The van der Waals surface area contributed by atoms with Crippen LogP contribution >= 0.6 is 11.6 Å². The first-order valence-electron chi connectivity index (χ1n) is 4.72. The van der Waals surface area contributed by atoms with Crippen LogP contribution in [0.15, 0.2) is 30.6 Å². The van der Waals surface area contributed by atoms with Crippen molar-refractivity contribution in [2.45, 2.75) is 13.8 Å². The summed E-state index contributed by atoms with van der Waals surface area (Å²) in [5.41, 5.74) is 4.42. The first-order valence-corrected chi connectivity index (χ1v) is 5.10. The van der Waals surface area contributed by atoms with Crippen LogP contribution in [0.1, 0.15) is 11.1 Å². The molecule has 0 N–H and O–H groups in total. The van der Waals surface area contributed by atoms with E-state index in [1.54, 1.807) is 6.07 Å². The highest BCUT2D eigenvalue weighted by Crippen LogP contribution is 2.23. The second kappa shape index (κ2) is 3.99. The molecule has 0 saturated carbocycles. The molecule has 0 bridgehead atoms. The number of rotatable bonds is 1. The van der Waals surface area contributed by atoms with Crippen molar-refractivity contribution >= 4 is 11.6 Å². The Balaban J connectivity index is 2.54. The molecule has 2 nitrogen and oxygen atoms in total. The number of aryl methyl sites for hydroxylation is 2. The molecular formula is C12H11ClN2. The summed E-state index contributed by atoms with van der Waals surface area (Å²) >= 11 is 5.83. The lowest BCUT2D eigenvalue weighted by molar-refractivity contribution is 1.17. The first kappa shape index (κ1) is 10.1. The van der Waals surface area contributed by atoms with Crippen LogP contribution in [0.25, 0.3) is 11.3 Å². The summed E-state index contributed by atoms with van der Waals surface area (Å²) < 4.78 is 0. The highest BCUT2D eigenvalue weighted by molar-refractivity contribution is 6.29. The molecule has 1 heterocycles. The van der Waals surface area contributed by atoms with Gasteiger partial charge in [-0.05, 0) is 19.4 Å². The molecular weight excluding hydrogens is 208 g/mol. The van der Waals surface area contributed by atoms with Crippen LogP contribution in [0, 0.1) is 13.8 Å². The standard InChI is InChI=1S/C12H11ClN2/c1-8-3-4-10(9(2)5-8)11-6-12(13)15-7-14-11/h3-7H,1-2H3. The SMILES string of the molecule is Cc1ccc(-c2cc(Cl)ncn2)c(C)c1.